The molecule has 0 saturated carbocycles. The fourth-order valence-electron chi connectivity index (χ4n) is 4.39. The quantitative estimate of drug-likeness (QED) is 0.281. The van der Waals surface area contributed by atoms with Crippen molar-refractivity contribution in [3.8, 4) is 33.8 Å². The van der Waals surface area contributed by atoms with Gasteiger partial charge in [-0.05, 0) is 54.3 Å². The molecule has 36 heavy (non-hydrogen) atoms. The van der Waals surface area contributed by atoms with Gasteiger partial charge in [-0.25, -0.2) is 9.48 Å². The number of carbonyl (C=O) groups is 2. The first-order valence-electron chi connectivity index (χ1n) is 11.1. The van der Waals surface area contributed by atoms with Gasteiger partial charge in [0.15, 0.2) is 0 Å². The molecule has 0 aliphatic carbocycles. The molecule has 1 aliphatic heterocycles. The Balaban J connectivity index is 1.79. The minimum absolute atomic E-state index is 0.145. The molecule has 2 heterocycles. The molecule has 0 bridgehead atoms. The van der Waals surface area contributed by atoms with Crippen LogP contribution in [0.1, 0.15) is 27.9 Å². The number of nitrogens with zero attached hydrogens (tertiary/aromatic N) is 2. The lowest BCUT2D eigenvalue weighted by molar-refractivity contribution is -0.138. The Labute approximate surface area is 203 Å². The van der Waals surface area contributed by atoms with Crippen LogP contribution < -0.4 is 4.74 Å². The molecule has 0 amide bonds. The SMILES string of the molecule is O=C(O)C(=O)c1c(C(F)(F)F)ccc(-n2ccc(-c3ccccc3)n2)c1-c1ccc2c(c1)CCCO2. The molecule has 9 heteroatoms. The van der Waals surface area contributed by atoms with Crippen LogP contribution >= 0.6 is 0 Å². The second-order valence-electron chi connectivity index (χ2n) is 8.30. The highest BCUT2D eigenvalue weighted by Gasteiger charge is 2.39. The molecule has 0 atom stereocenters. The van der Waals surface area contributed by atoms with Crippen molar-refractivity contribution in [2.75, 3.05) is 6.61 Å². The van der Waals surface area contributed by atoms with E-state index in [2.05, 4.69) is 5.10 Å². The molecular formula is C27H19F3N2O4. The van der Waals surface area contributed by atoms with Crippen molar-refractivity contribution in [3.05, 3.63) is 89.6 Å². The fraction of sp³-hybridized carbons (Fsp3) is 0.148. The summed E-state index contributed by atoms with van der Waals surface area (Å²) in [4.78, 5) is 24.4. The summed E-state index contributed by atoms with van der Waals surface area (Å²) in [6, 6.07) is 17.6. The Kier molecular flexibility index (Phi) is 5.83. The van der Waals surface area contributed by atoms with Crippen LogP contribution in [0.5, 0.6) is 5.75 Å². The maximum absolute atomic E-state index is 14.0. The number of ketones is 1. The molecular weight excluding hydrogens is 473 g/mol. The molecule has 0 radical (unpaired) electrons. The minimum Gasteiger partial charge on any atom is -0.493 e. The van der Waals surface area contributed by atoms with Crippen molar-refractivity contribution in [1.82, 2.24) is 9.78 Å². The monoisotopic (exact) mass is 492 g/mol. The van der Waals surface area contributed by atoms with Crippen LogP contribution in [0.15, 0.2) is 72.9 Å². The predicted molar refractivity (Wildman–Crippen MR) is 125 cm³/mol. The van der Waals surface area contributed by atoms with E-state index < -0.39 is 29.1 Å². The second-order valence-corrected chi connectivity index (χ2v) is 8.30. The van der Waals surface area contributed by atoms with Crippen molar-refractivity contribution in [3.63, 3.8) is 0 Å². The van der Waals surface area contributed by atoms with Gasteiger partial charge in [0.2, 0.25) is 0 Å². The number of benzene rings is 3. The Morgan fingerprint density at radius 1 is 0.972 bits per heavy atom. The standard InChI is InChI=1S/C27H19F3N2O4/c28-27(29,30)19-9-10-21(32-13-12-20(31-32)16-5-2-1-3-6-16)23(24(19)25(33)26(34)35)18-8-11-22-17(15-18)7-4-14-36-22/h1-3,5-6,8-13,15H,4,7,14H2,(H,34,35). The number of fused-ring (bicyclic) bond motifs is 1. The normalized spacial score (nSPS) is 13.1. The summed E-state index contributed by atoms with van der Waals surface area (Å²) >= 11 is 0. The molecule has 0 unspecified atom stereocenters. The number of halogens is 3. The zero-order valence-electron chi connectivity index (χ0n) is 18.7. The van der Waals surface area contributed by atoms with Crippen molar-refractivity contribution in [2.45, 2.75) is 19.0 Å². The first-order chi connectivity index (χ1) is 17.2. The Hall–Kier alpha value is -4.40. The molecule has 0 spiro atoms. The molecule has 0 saturated heterocycles. The third-order valence-corrected chi connectivity index (χ3v) is 6.01. The van der Waals surface area contributed by atoms with Gasteiger partial charge in [-0.1, -0.05) is 36.4 Å². The van der Waals surface area contributed by atoms with Gasteiger partial charge in [-0.15, -0.1) is 0 Å². The van der Waals surface area contributed by atoms with Crippen LogP contribution in [0.3, 0.4) is 0 Å². The lowest BCUT2D eigenvalue weighted by Gasteiger charge is -2.21. The zero-order valence-corrected chi connectivity index (χ0v) is 18.7. The molecule has 1 aliphatic rings. The van der Waals surface area contributed by atoms with E-state index in [1.54, 1.807) is 24.4 Å². The van der Waals surface area contributed by atoms with E-state index in [4.69, 9.17) is 4.74 Å². The number of alkyl halides is 3. The molecule has 182 valence electrons. The van der Waals surface area contributed by atoms with Gasteiger partial charge in [-0.2, -0.15) is 18.3 Å². The van der Waals surface area contributed by atoms with Crippen LogP contribution in [-0.2, 0) is 17.4 Å². The van der Waals surface area contributed by atoms with Crippen LogP contribution in [0.4, 0.5) is 13.2 Å². The Bertz CT molecular complexity index is 1480. The maximum Gasteiger partial charge on any atom is 0.417 e. The Morgan fingerprint density at radius 2 is 1.75 bits per heavy atom. The topological polar surface area (TPSA) is 81.4 Å². The summed E-state index contributed by atoms with van der Waals surface area (Å²) in [6.45, 7) is 0.527. The van der Waals surface area contributed by atoms with E-state index in [0.29, 0.717) is 24.5 Å². The van der Waals surface area contributed by atoms with Gasteiger partial charge >= 0.3 is 12.1 Å². The van der Waals surface area contributed by atoms with Crippen molar-refractivity contribution >= 4 is 11.8 Å². The van der Waals surface area contributed by atoms with Gasteiger partial charge in [0.1, 0.15) is 5.75 Å². The molecule has 4 aromatic rings. The van der Waals surface area contributed by atoms with Crippen molar-refractivity contribution in [1.29, 1.82) is 0 Å². The molecule has 6 nitrogen and oxygen atoms in total. The van der Waals surface area contributed by atoms with Gasteiger partial charge in [0.05, 0.1) is 29.1 Å². The van der Waals surface area contributed by atoms with Crippen molar-refractivity contribution in [2.24, 2.45) is 0 Å². The number of carbonyl (C=O) groups excluding carboxylic acids is 1. The van der Waals surface area contributed by atoms with Gasteiger partial charge in [0, 0.05) is 17.3 Å². The second kappa shape index (κ2) is 8.99. The van der Waals surface area contributed by atoms with E-state index in [1.165, 1.54) is 16.8 Å². The third kappa shape index (κ3) is 4.24. The maximum atomic E-state index is 14.0. The number of rotatable bonds is 5. The van der Waals surface area contributed by atoms with Crippen LogP contribution in [0, 0.1) is 0 Å². The number of aliphatic carboxylic acids is 1. The first-order valence-corrected chi connectivity index (χ1v) is 11.1. The number of carboxylic acid groups (broad SMARTS) is 1. The van der Waals surface area contributed by atoms with Crippen LogP contribution in [0.2, 0.25) is 0 Å². The van der Waals surface area contributed by atoms with E-state index in [9.17, 15) is 27.9 Å². The third-order valence-electron chi connectivity index (χ3n) is 6.01. The van der Waals surface area contributed by atoms with Crippen molar-refractivity contribution < 1.29 is 32.6 Å². The number of ether oxygens (including phenoxy) is 1. The highest BCUT2D eigenvalue weighted by molar-refractivity contribution is 6.41. The van der Waals surface area contributed by atoms with Crippen LogP contribution in [0.25, 0.3) is 28.1 Å². The molecule has 1 aromatic heterocycles. The predicted octanol–water partition coefficient (Wildman–Crippen LogP) is 5.82. The van der Waals surface area contributed by atoms with E-state index in [0.717, 1.165) is 23.6 Å². The highest BCUT2D eigenvalue weighted by atomic mass is 19.4. The summed E-state index contributed by atoms with van der Waals surface area (Å²) in [6.07, 6.45) is -2.03. The summed E-state index contributed by atoms with van der Waals surface area (Å²) in [7, 11) is 0. The van der Waals surface area contributed by atoms with Crippen LogP contribution in [-0.4, -0.2) is 33.2 Å². The number of aromatic nitrogens is 2. The highest BCUT2D eigenvalue weighted by Crippen LogP contribution is 2.42. The number of aryl methyl sites for hydroxylation is 1. The smallest absolute Gasteiger partial charge is 0.417 e. The minimum atomic E-state index is -4.95. The van der Waals surface area contributed by atoms with E-state index in [-0.39, 0.29) is 16.8 Å². The van der Waals surface area contributed by atoms with Gasteiger partial charge < -0.3 is 9.84 Å². The average Bonchev–Trinajstić information content (AvgIpc) is 3.37. The molecule has 3 aromatic carbocycles. The summed E-state index contributed by atoms with van der Waals surface area (Å²) in [5.41, 5.74) is 0.116. The number of carboxylic acids is 1. The van der Waals surface area contributed by atoms with Gasteiger partial charge in [-0.3, -0.25) is 4.79 Å². The lowest BCUT2D eigenvalue weighted by Crippen LogP contribution is -2.21. The number of hydrogen-bond donors (Lipinski definition) is 1. The first kappa shape index (κ1) is 23.3. The van der Waals surface area contributed by atoms with E-state index >= 15 is 0 Å². The average molecular weight is 492 g/mol. The molecule has 5 rings (SSSR count). The lowest BCUT2D eigenvalue weighted by atomic mass is 9.89. The summed E-state index contributed by atoms with van der Waals surface area (Å²) < 4.78 is 49.0. The van der Waals surface area contributed by atoms with E-state index in [1.807, 2.05) is 30.3 Å². The summed E-state index contributed by atoms with van der Waals surface area (Å²) in [5, 5.41) is 14.0. The number of Topliss-reactive ketones (excluding diaryl/α,β-unsaturated/α-hetero) is 1. The summed E-state index contributed by atoms with van der Waals surface area (Å²) in [5.74, 6) is -3.02. The zero-order chi connectivity index (χ0) is 25.4. The fourth-order valence-corrected chi connectivity index (χ4v) is 4.39. The number of hydrogen-bond acceptors (Lipinski definition) is 4. The molecule has 1 N–H and O–H groups in total. The largest absolute Gasteiger partial charge is 0.493 e. The Morgan fingerprint density at radius 3 is 2.47 bits per heavy atom. The van der Waals surface area contributed by atoms with Gasteiger partial charge in [0.25, 0.3) is 5.78 Å². The molecule has 0 fully saturated rings.